The van der Waals surface area contributed by atoms with E-state index in [1.54, 1.807) is 6.07 Å². The Hall–Kier alpha value is -3.06. The summed E-state index contributed by atoms with van der Waals surface area (Å²) in [5, 5.41) is 24.5. The first-order valence-corrected chi connectivity index (χ1v) is 9.27. The number of hydrogen-bond donors (Lipinski definition) is 3. The smallest absolute Gasteiger partial charge is 0.490 e. The van der Waals surface area contributed by atoms with Crippen LogP contribution in [0.25, 0.3) is 0 Å². The summed E-state index contributed by atoms with van der Waals surface area (Å²) < 4.78 is 47.1. The fraction of sp³-hybridized carbons (Fsp3) is 0.368. The molecule has 4 N–H and O–H groups in total. The first-order chi connectivity index (χ1) is 14.1. The number of carbonyl (C=O) groups is 1. The molecule has 0 bridgehead atoms. The van der Waals surface area contributed by atoms with Crippen molar-refractivity contribution in [2.24, 2.45) is 0 Å². The van der Waals surface area contributed by atoms with Crippen molar-refractivity contribution in [2.45, 2.75) is 44.2 Å². The maximum atomic E-state index is 12.5. The van der Waals surface area contributed by atoms with Gasteiger partial charge >= 0.3 is 6.36 Å². The predicted molar refractivity (Wildman–Crippen MR) is 102 cm³/mol. The van der Waals surface area contributed by atoms with Crippen molar-refractivity contribution in [3.63, 3.8) is 0 Å². The van der Waals surface area contributed by atoms with Gasteiger partial charge in [-0.2, -0.15) is 5.26 Å². The highest BCUT2D eigenvalue weighted by Gasteiger charge is 2.32. The Kier molecular flexibility index (Phi) is 7.83. The summed E-state index contributed by atoms with van der Waals surface area (Å²) in [5.41, 5.74) is -0.539. The molecule has 0 spiro atoms. The lowest BCUT2D eigenvalue weighted by molar-refractivity contribution is -0.274. The third-order valence-corrected chi connectivity index (χ3v) is 4.39. The zero-order chi connectivity index (χ0) is 22.3. The summed E-state index contributed by atoms with van der Waals surface area (Å²) in [6.07, 6.45) is -0.525. The lowest BCUT2D eigenvalue weighted by Crippen LogP contribution is -2.42. The van der Waals surface area contributed by atoms with Gasteiger partial charge in [0.05, 0.1) is 11.7 Å². The van der Waals surface area contributed by atoms with Gasteiger partial charge in [-0.15, -0.1) is 13.2 Å². The Labute approximate surface area is 175 Å². The standard InChI is InChI=1S/C19H18ClF3N4O3/c20-17(26)8-7-15(25)18(28)27-12-2-5-13(6-3-12)29-14-4-1-11(10-24)16(9-14)30-19(21,22)23/h1,4,7-9,12-13,25-26H,2-3,5-6H2,(H,27,28)/p+1/b8-7-,25-15?,26-17?. The Morgan fingerprint density at radius 1 is 1.30 bits per heavy atom. The molecule has 1 aliphatic rings. The number of halogens is 4. The van der Waals surface area contributed by atoms with Crippen molar-refractivity contribution in [1.29, 1.82) is 10.7 Å². The van der Waals surface area contributed by atoms with Gasteiger partial charge in [0.1, 0.15) is 17.5 Å². The monoisotopic (exact) mass is 443 g/mol. The number of rotatable bonds is 7. The Balaban J connectivity index is 1.90. The molecule has 1 fully saturated rings. The van der Waals surface area contributed by atoms with Gasteiger partial charge in [-0.25, -0.2) is 5.41 Å². The fourth-order valence-corrected chi connectivity index (χ4v) is 2.96. The number of nitrogens with two attached hydrogens (primary N) is 1. The van der Waals surface area contributed by atoms with Crippen LogP contribution in [0.3, 0.4) is 0 Å². The van der Waals surface area contributed by atoms with Crippen LogP contribution in [0.5, 0.6) is 11.5 Å². The van der Waals surface area contributed by atoms with Crippen molar-refractivity contribution in [3.8, 4) is 17.6 Å². The molecule has 0 saturated heterocycles. The average Bonchev–Trinajstić information content (AvgIpc) is 2.66. The molecule has 1 amide bonds. The molecule has 0 aliphatic heterocycles. The number of nitrogens with one attached hydrogen (secondary N) is 2. The molecule has 1 aliphatic carbocycles. The van der Waals surface area contributed by atoms with Crippen LogP contribution in [0.15, 0.2) is 30.4 Å². The second-order valence-electron chi connectivity index (χ2n) is 6.51. The number of carbonyl (C=O) groups excluding carboxylic acids is 1. The van der Waals surface area contributed by atoms with E-state index in [-0.39, 0.29) is 34.3 Å². The highest BCUT2D eigenvalue weighted by Crippen LogP contribution is 2.31. The van der Waals surface area contributed by atoms with Gasteiger partial charge in [0.15, 0.2) is 5.75 Å². The highest BCUT2D eigenvalue weighted by atomic mass is 35.5. The molecule has 2 rings (SSSR count). The van der Waals surface area contributed by atoms with Crippen LogP contribution < -0.4 is 20.2 Å². The molecule has 1 aromatic rings. The summed E-state index contributed by atoms with van der Waals surface area (Å²) in [6.45, 7) is 0. The molecule has 30 heavy (non-hydrogen) atoms. The average molecular weight is 444 g/mol. The van der Waals surface area contributed by atoms with E-state index in [1.807, 2.05) is 0 Å². The number of benzene rings is 1. The minimum atomic E-state index is -4.92. The van der Waals surface area contributed by atoms with Crippen LogP contribution in [0.2, 0.25) is 0 Å². The molecule has 0 aromatic heterocycles. The van der Waals surface area contributed by atoms with E-state index in [9.17, 15) is 18.0 Å². The summed E-state index contributed by atoms with van der Waals surface area (Å²) in [7, 11) is 0. The van der Waals surface area contributed by atoms with Gasteiger partial charge in [0, 0.05) is 18.2 Å². The SMILES string of the molecule is N#Cc1ccc(OC2CCC(NC(=O)C(=N)/C=C\C(=[NH2+])Cl)CC2)cc1OC(F)(F)F. The molecule has 7 nitrogen and oxygen atoms in total. The van der Waals surface area contributed by atoms with Crippen LogP contribution in [0.1, 0.15) is 31.2 Å². The van der Waals surface area contributed by atoms with Crippen LogP contribution in [-0.4, -0.2) is 35.3 Å². The molecule has 0 heterocycles. The molecule has 11 heteroatoms. The number of nitrogens with zero attached hydrogens (tertiary/aromatic N) is 1. The predicted octanol–water partition coefficient (Wildman–Crippen LogP) is 2.24. The van der Waals surface area contributed by atoms with Crippen molar-refractivity contribution in [3.05, 3.63) is 35.9 Å². The molecule has 1 saturated carbocycles. The number of ether oxygens (including phenoxy) is 2. The molecular weight excluding hydrogens is 425 g/mol. The zero-order valence-electron chi connectivity index (χ0n) is 15.6. The van der Waals surface area contributed by atoms with Gasteiger partial charge in [-0.3, -0.25) is 10.2 Å². The van der Waals surface area contributed by atoms with Crippen molar-refractivity contribution in [2.75, 3.05) is 0 Å². The molecule has 1 aromatic carbocycles. The minimum Gasteiger partial charge on any atom is -0.490 e. The van der Waals surface area contributed by atoms with Gasteiger partial charge in [0.25, 0.3) is 11.1 Å². The van der Waals surface area contributed by atoms with Crippen LogP contribution in [0.4, 0.5) is 13.2 Å². The van der Waals surface area contributed by atoms with E-state index < -0.39 is 18.0 Å². The van der Waals surface area contributed by atoms with E-state index in [0.29, 0.717) is 25.7 Å². The minimum absolute atomic E-state index is 0.0446. The van der Waals surface area contributed by atoms with Crippen LogP contribution >= 0.6 is 11.6 Å². The summed E-state index contributed by atoms with van der Waals surface area (Å²) >= 11 is 5.45. The molecule has 160 valence electrons. The molecule has 0 atom stereocenters. The van der Waals surface area contributed by atoms with Crippen molar-refractivity contribution in [1.82, 2.24) is 5.32 Å². The number of amides is 1. The molecule has 0 unspecified atom stereocenters. The zero-order valence-corrected chi connectivity index (χ0v) is 16.4. The largest absolute Gasteiger partial charge is 0.573 e. The van der Waals surface area contributed by atoms with Gasteiger partial charge < -0.3 is 14.8 Å². The van der Waals surface area contributed by atoms with Crippen molar-refractivity contribution < 1.29 is 32.8 Å². The van der Waals surface area contributed by atoms with Crippen molar-refractivity contribution >= 4 is 28.4 Å². The Morgan fingerprint density at radius 3 is 2.53 bits per heavy atom. The number of allylic oxidation sites excluding steroid dienone is 1. The normalized spacial score (nSPS) is 19.0. The van der Waals surface area contributed by atoms with E-state index in [2.05, 4.69) is 10.1 Å². The van der Waals surface area contributed by atoms with E-state index in [4.69, 9.17) is 32.4 Å². The Morgan fingerprint density at radius 2 is 1.97 bits per heavy atom. The van der Waals surface area contributed by atoms with Crippen LogP contribution in [-0.2, 0) is 4.79 Å². The van der Waals surface area contributed by atoms with E-state index >= 15 is 0 Å². The highest BCUT2D eigenvalue weighted by molar-refractivity contribution is 6.66. The first-order valence-electron chi connectivity index (χ1n) is 8.89. The van der Waals surface area contributed by atoms with Gasteiger partial charge in [0.2, 0.25) is 0 Å². The van der Waals surface area contributed by atoms with Crippen LogP contribution in [0, 0.1) is 16.7 Å². The fourth-order valence-electron chi connectivity index (χ4n) is 2.90. The van der Waals surface area contributed by atoms with E-state index in [1.165, 1.54) is 24.3 Å². The second-order valence-corrected chi connectivity index (χ2v) is 6.95. The number of alkyl halides is 3. The topological polar surface area (TPSA) is 121 Å². The first kappa shape index (κ1) is 23.2. The summed E-state index contributed by atoms with van der Waals surface area (Å²) in [5.74, 6) is -1.03. The lowest BCUT2D eigenvalue weighted by atomic mass is 9.92. The summed E-state index contributed by atoms with van der Waals surface area (Å²) in [4.78, 5) is 12.0. The van der Waals surface area contributed by atoms with Gasteiger partial charge in [-0.05, 0) is 55.5 Å². The second kappa shape index (κ2) is 10.1. The maximum absolute atomic E-state index is 12.5. The molecule has 0 radical (unpaired) electrons. The number of nitriles is 1. The summed E-state index contributed by atoms with van der Waals surface area (Å²) in [6, 6.07) is 5.12. The quantitative estimate of drug-likeness (QED) is 0.559. The Bertz CT molecular complexity index is 888. The van der Waals surface area contributed by atoms with Gasteiger partial charge in [-0.1, -0.05) is 0 Å². The third kappa shape index (κ3) is 7.40. The number of hydrogen-bond acceptors (Lipinski definition) is 5. The maximum Gasteiger partial charge on any atom is 0.573 e. The lowest BCUT2D eigenvalue weighted by Gasteiger charge is -2.29. The molecular formula is C19H19ClF3N4O3+. The third-order valence-electron chi connectivity index (χ3n) is 4.27. The van der Waals surface area contributed by atoms with E-state index in [0.717, 1.165) is 6.07 Å².